The molecule has 0 unspecified atom stereocenters. The van der Waals surface area contributed by atoms with E-state index in [0.717, 1.165) is 25.9 Å². The molecule has 0 bridgehead atoms. The molecule has 1 aromatic carbocycles. The smallest absolute Gasteiger partial charge is 0.227 e. The number of piperidine rings is 1. The van der Waals surface area contributed by atoms with Gasteiger partial charge in [-0.1, -0.05) is 18.2 Å². The summed E-state index contributed by atoms with van der Waals surface area (Å²) in [6.45, 7) is 3.53. The zero-order chi connectivity index (χ0) is 18.9. The number of hydrogen-bond donors (Lipinski definition) is 4. The summed E-state index contributed by atoms with van der Waals surface area (Å²) in [6.07, 6.45) is 9.15. The van der Waals surface area contributed by atoms with Crippen molar-refractivity contribution in [3.05, 3.63) is 41.5 Å². The first-order valence-electron chi connectivity index (χ1n) is 8.57. The molecule has 1 aliphatic heterocycles. The number of aldehydes is 1. The van der Waals surface area contributed by atoms with Crippen LogP contribution in [0.15, 0.2) is 35.5 Å². The monoisotopic (exact) mass is 355 g/mol. The molecule has 26 heavy (non-hydrogen) atoms. The first-order valence-corrected chi connectivity index (χ1v) is 8.57. The normalized spacial score (nSPS) is 16.3. The van der Waals surface area contributed by atoms with E-state index in [1.165, 1.54) is 6.21 Å². The molecule has 1 fully saturated rings. The zero-order valence-corrected chi connectivity index (χ0v) is 14.9. The summed E-state index contributed by atoms with van der Waals surface area (Å²) in [5.74, 6) is 5.18. The highest BCUT2D eigenvalue weighted by Crippen LogP contribution is 2.29. The number of carbonyl (C=O) groups excluding carboxylic acids is 2. The number of carbonyl (C=O) groups is 2. The van der Waals surface area contributed by atoms with Crippen molar-refractivity contribution in [3.63, 3.8) is 0 Å². The van der Waals surface area contributed by atoms with Crippen molar-refractivity contribution in [2.45, 2.75) is 19.8 Å². The Morgan fingerprint density at radius 1 is 1.35 bits per heavy atom. The third kappa shape index (κ3) is 4.80. The standard InChI is InChI=1S/C19H25N5O2/c1-2-3-4-14(11-23-21)18-15(12-25)9-16(10-17(18)20)24-19(26)13-5-7-22-8-6-13/h2-4,9-13,22H,5-8,20-21H2,1H3,(H,24,26)/b3-2+,14-4+,23-11-. The van der Waals surface area contributed by atoms with Gasteiger partial charge >= 0.3 is 0 Å². The largest absolute Gasteiger partial charge is 0.398 e. The Morgan fingerprint density at radius 2 is 2.08 bits per heavy atom. The number of amides is 1. The van der Waals surface area contributed by atoms with Crippen LogP contribution < -0.4 is 22.2 Å². The topological polar surface area (TPSA) is 123 Å². The first kappa shape index (κ1) is 19.4. The maximum absolute atomic E-state index is 12.4. The van der Waals surface area contributed by atoms with Crippen LogP contribution in [-0.4, -0.2) is 31.5 Å². The fourth-order valence-corrected chi connectivity index (χ4v) is 2.99. The van der Waals surface area contributed by atoms with E-state index in [0.29, 0.717) is 34.4 Å². The van der Waals surface area contributed by atoms with Crippen LogP contribution in [0.2, 0.25) is 0 Å². The minimum absolute atomic E-state index is 0.0358. The van der Waals surface area contributed by atoms with Crippen molar-refractivity contribution in [2.75, 3.05) is 24.1 Å². The fourth-order valence-electron chi connectivity index (χ4n) is 2.99. The molecule has 0 radical (unpaired) electrons. The third-order valence-corrected chi connectivity index (χ3v) is 4.27. The molecular weight excluding hydrogens is 330 g/mol. The van der Waals surface area contributed by atoms with Gasteiger partial charge in [0.25, 0.3) is 0 Å². The van der Waals surface area contributed by atoms with E-state index in [9.17, 15) is 9.59 Å². The van der Waals surface area contributed by atoms with Gasteiger partial charge in [0, 0.05) is 34.0 Å². The Morgan fingerprint density at radius 3 is 2.69 bits per heavy atom. The average Bonchev–Trinajstić information content (AvgIpc) is 2.65. The van der Waals surface area contributed by atoms with Crippen LogP contribution in [0.25, 0.3) is 5.57 Å². The van der Waals surface area contributed by atoms with Gasteiger partial charge in [0.2, 0.25) is 5.91 Å². The molecule has 2 rings (SSSR count). The molecule has 6 N–H and O–H groups in total. The molecule has 0 aromatic heterocycles. The van der Waals surface area contributed by atoms with Gasteiger partial charge in [-0.05, 0) is 45.0 Å². The van der Waals surface area contributed by atoms with Crippen LogP contribution in [0.3, 0.4) is 0 Å². The van der Waals surface area contributed by atoms with Gasteiger partial charge in [-0.2, -0.15) is 5.10 Å². The first-order chi connectivity index (χ1) is 12.6. The number of anilines is 2. The summed E-state index contributed by atoms with van der Waals surface area (Å²) in [7, 11) is 0. The lowest BCUT2D eigenvalue weighted by Crippen LogP contribution is -2.34. The number of rotatable bonds is 6. The average molecular weight is 355 g/mol. The van der Waals surface area contributed by atoms with Crippen LogP contribution in [0, 0.1) is 5.92 Å². The number of hydrazone groups is 1. The van der Waals surface area contributed by atoms with Crippen LogP contribution in [-0.2, 0) is 4.79 Å². The molecule has 0 atom stereocenters. The van der Waals surface area contributed by atoms with E-state index in [1.54, 1.807) is 24.3 Å². The van der Waals surface area contributed by atoms with Crippen molar-refractivity contribution in [2.24, 2.45) is 16.9 Å². The molecule has 1 amide bonds. The predicted molar refractivity (Wildman–Crippen MR) is 106 cm³/mol. The molecule has 7 nitrogen and oxygen atoms in total. The summed E-state index contributed by atoms with van der Waals surface area (Å²) in [5, 5.41) is 9.64. The van der Waals surface area contributed by atoms with Crippen molar-refractivity contribution < 1.29 is 9.59 Å². The van der Waals surface area contributed by atoms with Crippen molar-refractivity contribution in [3.8, 4) is 0 Å². The third-order valence-electron chi connectivity index (χ3n) is 4.27. The second kappa shape index (κ2) is 9.53. The van der Waals surface area contributed by atoms with Gasteiger partial charge < -0.3 is 22.2 Å². The maximum atomic E-state index is 12.4. The van der Waals surface area contributed by atoms with Crippen LogP contribution in [0.4, 0.5) is 11.4 Å². The van der Waals surface area contributed by atoms with E-state index in [2.05, 4.69) is 15.7 Å². The van der Waals surface area contributed by atoms with Crippen molar-refractivity contribution in [1.29, 1.82) is 0 Å². The number of nitrogens with one attached hydrogen (secondary N) is 2. The minimum atomic E-state index is -0.0521. The molecule has 0 saturated carbocycles. The number of allylic oxidation sites excluding steroid dienone is 4. The summed E-state index contributed by atoms with van der Waals surface area (Å²) in [6, 6.07) is 3.26. The molecule has 0 spiro atoms. The lowest BCUT2D eigenvalue weighted by Gasteiger charge is -2.22. The van der Waals surface area contributed by atoms with Gasteiger partial charge in [-0.25, -0.2) is 0 Å². The van der Waals surface area contributed by atoms with E-state index in [4.69, 9.17) is 11.6 Å². The van der Waals surface area contributed by atoms with Gasteiger partial charge in [0.1, 0.15) is 0 Å². The van der Waals surface area contributed by atoms with Gasteiger partial charge in [-0.15, -0.1) is 0 Å². The van der Waals surface area contributed by atoms with Gasteiger partial charge in [0.05, 0.1) is 6.21 Å². The van der Waals surface area contributed by atoms with E-state index in [1.807, 2.05) is 13.0 Å². The van der Waals surface area contributed by atoms with E-state index < -0.39 is 0 Å². The highest BCUT2D eigenvalue weighted by Gasteiger charge is 2.21. The predicted octanol–water partition coefficient (Wildman–Crippen LogP) is 1.92. The minimum Gasteiger partial charge on any atom is -0.398 e. The summed E-state index contributed by atoms with van der Waals surface area (Å²) < 4.78 is 0. The summed E-state index contributed by atoms with van der Waals surface area (Å²) in [4.78, 5) is 24.0. The van der Waals surface area contributed by atoms with Gasteiger partial charge in [0.15, 0.2) is 6.29 Å². The highest BCUT2D eigenvalue weighted by molar-refractivity contribution is 6.15. The van der Waals surface area contributed by atoms with Crippen molar-refractivity contribution in [1.82, 2.24) is 5.32 Å². The summed E-state index contributed by atoms with van der Waals surface area (Å²) >= 11 is 0. The lowest BCUT2D eigenvalue weighted by molar-refractivity contribution is -0.120. The Bertz CT molecular complexity index is 747. The maximum Gasteiger partial charge on any atom is 0.227 e. The Hall–Kier alpha value is -2.93. The summed E-state index contributed by atoms with van der Waals surface area (Å²) in [5.41, 5.74) is 8.55. The molecule has 1 heterocycles. The van der Waals surface area contributed by atoms with Crippen LogP contribution >= 0.6 is 0 Å². The molecule has 1 saturated heterocycles. The number of benzene rings is 1. The van der Waals surface area contributed by atoms with E-state index >= 15 is 0 Å². The Kier molecular flexibility index (Phi) is 7.11. The highest BCUT2D eigenvalue weighted by atomic mass is 16.1. The lowest BCUT2D eigenvalue weighted by atomic mass is 9.96. The molecule has 138 valence electrons. The van der Waals surface area contributed by atoms with E-state index in [-0.39, 0.29) is 11.8 Å². The zero-order valence-electron chi connectivity index (χ0n) is 14.9. The van der Waals surface area contributed by atoms with Crippen LogP contribution in [0.1, 0.15) is 35.7 Å². The molecular formula is C19H25N5O2. The number of nitrogens with two attached hydrogens (primary N) is 2. The Balaban J connectivity index is 2.33. The second-order valence-electron chi connectivity index (χ2n) is 6.09. The number of nitrogens with zero attached hydrogens (tertiary/aromatic N) is 1. The molecule has 1 aromatic rings. The van der Waals surface area contributed by atoms with Crippen LogP contribution in [0.5, 0.6) is 0 Å². The van der Waals surface area contributed by atoms with Crippen molar-refractivity contribution >= 4 is 35.4 Å². The molecule has 1 aliphatic rings. The number of nitrogen functional groups attached to an aromatic ring is 1. The van der Waals surface area contributed by atoms with Gasteiger partial charge in [-0.3, -0.25) is 9.59 Å². The number of hydrogen-bond acceptors (Lipinski definition) is 6. The Labute approximate surface area is 153 Å². The fraction of sp³-hybridized carbons (Fsp3) is 0.316. The molecule has 7 heteroatoms. The quantitative estimate of drug-likeness (QED) is 0.155. The molecule has 0 aliphatic carbocycles. The second-order valence-corrected chi connectivity index (χ2v) is 6.09. The SMILES string of the molecule is C/C=C/C=C(\C=N/N)c1c(N)cc(NC(=O)C2CCNCC2)cc1C=O.